The highest BCUT2D eigenvalue weighted by atomic mass is 32.1. The van der Waals surface area contributed by atoms with Crippen molar-refractivity contribution in [1.82, 2.24) is 5.32 Å². The van der Waals surface area contributed by atoms with E-state index in [1.54, 1.807) is 18.4 Å². The van der Waals surface area contributed by atoms with Gasteiger partial charge in [-0.05, 0) is 36.1 Å². The number of methoxy groups -OCH3 is 1. The zero-order valence-electron chi connectivity index (χ0n) is 12.0. The molecule has 0 aliphatic carbocycles. The van der Waals surface area contributed by atoms with Crippen LogP contribution in [0, 0.1) is 0 Å². The molecule has 20 heavy (non-hydrogen) atoms. The van der Waals surface area contributed by atoms with Crippen LogP contribution >= 0.6 is 11.3 Å². The van der Waals surface area contributed by atoms with E-state index in [1.165, 1.54) is 4.88 Å². The lowest BCUT2D eigenvalue weighted by Crippen LogP contribution is -2.22. The minimum atomic E-state index is 0.389. The third-order valence-corrected chi connectivity index (χ3v) is 4.15. The Kier molecular flexibility index (Phi) is 6.05. The number of rotatable bonds is 8. The first kappa shape index (κ1) is 15.0. The summed E-state index contributed by atoms with van der Waals surface area (Å²) < 4.78 is 10.8. The van der Waals surface area contributed by atoms with Crippen LogP contribution < -0.4 is 10.1 Å². The smallest absolute Gasteiger partial charge is 0.118 e. The van der Waals surface area contributed by atoms with Gasteiger partial charge < -0.3 is 14.8 Å². The molecule has 0 aliphatic heterocycles. The highest BCUT2D eigenvalue weighted by molar-refractivity contribution is 7.10. The van der Waals surface area contributed by atoms with Crippen molar-refractivity contribution >= 4 is 11.3 Å². The number of ether oxygens (including phenoxy) is 2. The lowest BCUT2D eigenvalue weighted by Gasteiger charge is -2.12. The zero-order chi connectivity index (χ0) is 14.2. The maximum atomic E-state index is 5.66. The second-order valence-corrected chi connectivity index (χ2v) is 5.57. The largest absolute Gasteiger partial charge is 0.497 e. The SMILES string of the molecule is COc1ccc(COCCNC(C)c2cccs2)cc1. The Morgan fingerprint density at radius 2 is 2.00 bits per heavy atom. The molecule has 0 amide bonds. The molecule has 1 aromatic carbocycles. The van der Waals surface area contributed by atoms with Crippen LogP contribution in [0.1, 0.15) is 23.4 Å². The summed E-state index contributed by atoms with van der Waals surface area (Å²) in [5, 5.41) is 5.56. The highest BCUT2D eigenvalue weighted by Crippen LogP contribution is 2.17. The molecular weight excluding hydrogens is 270 g/mol. The van der Waals surface area contributed by atoms with Crippen molar-refractivity contribution in [3.8, 4) is 5.75 Å². The summed E-state index contributed by atoms with van der Waals surface area (Å²) in [6, 6.07) is 12.6. The summed E-state index contributed by atoms with van der Waals surface area (Å²) in [6.07, 6.45) is 0. The van der Waals surface area contributed by atoms with Crippen LogP contribution in [0.25, 0.3) is 0 Å². The molecule has 0 fully saturated rings. The average Bonchev–Trinajstić information content (AvgIpc) is 3.01. The maximum Gasteiger partial charge on any atom is 0.118 e. The molecule has 1 unspecified atom stereocenters. The van der Waals surface area contributed by atoms with Gasteiger partial charge in [0, 0.05) is 17.5 Å². The summed E-state index contributed by atoms with van der Waals surface area (Å²) in [5.41, 5.74) is 1.16. The second kappa shape index (κ2) is 8.04. The minimum absolute atomic E-state index is 0.389. The average molecular weight is 291 g/mol. The Labute approximate surface area is 124 Å². The summed E-state index contributed by atoms with van der Waals surface area (Å²) >= 11 is 1.78. The van der Waals surface area contributed by atoms with Gasteiger partial charge in [-0.25, -0.2) is 0 Å². The molecule has 0 spiro atoms. The van der Waals surface area contributed by atoms with Crippen LogP contribution in [0.3, 0.4) is 0 Å². The van der Waals surface area contributed by atoms with E-state index in [-0.39, 0.29) is 0 Å². The van der Waals surface area contributed by atoms with Crippen molar-refractivity contribution in [2.24, 2.45) is 0 Å². The van der Waals surface area contributed by atoms with Crippen LogP contribution in [0.15, 0.2) is 41.8 Å². The first-order valence-corrected chi connectivity index (χ1v) is 7.65. The molecule has 1 N–H and O–H groups in total. The van der Waals surface area contributed by atoms with Crippen LogP contribution in [0.2, 0.25) is 0 Å². The molecule has 0 saturated carbocycles. The molecule has 108 valence electrons. The van der Waals surface area contributed by atoms with Crippen LogP contribution in [0.5, 0.6) is 5.75 Å². The van der Waals surface area contributed by atoms with Crippen LogP contribution in [-0.2, 0) is 11.3 Å². The van der Waals surface area contributed by atoms with E-state index in [1.807, 2.05) is 24.3 Å². The van der Waals surface area contributed by atoms with Gasteiger partial charge in [-0.15, -0.1) is 11.3 Å². The maximum absolute atomic E-state index is 5.66. The number of hydrogen-bond donors (Lipinski definition) is 1. The fourth-order valence-electron chi connectivity index (χ4n) is 1.90. The molecule has 0 bridgehead atoms. The molecule has 0 radical (unpaired) electrons. The molecule has 0 saturated heterocycles. The van der Waals surface area contributed by atoms with Gasteiger partial charge in [0.25, 0.3) is 0 Å². The quantitative estimate of drug-likeness (QED) is 0.753. The van der Waals surface area contributed by atoms with Gasteiger partial charge in [-0.1, -0.05) is 18.2 Å². The number of hydrogen-bond acceptors (Lipinski definition) is 4. The predicted octanol–water partition coefficient (Wildman–Crippen LogP) is 3.62. The number of benzene rings is 1. The lowest BCUT2D eigenvalue weighted by molar-refractivity contribution is 0.121. The van der Waals surface area contributed by atoms with Crippen molar-refractivity contribution in [3.63, 3.8) is 0 Å². The second-order valence-electron chi connectivity index (χ2n) is 4.59. The van der Waals surface area contributed by atoms with E-state index in [2.05, 4.69) is 29.8 Å². The summed E-state index contributed by atoms with van der Waals surface area (Å²) in [5.74, 6) is 0.875. The van der Waals surface area contributed by atoms with Gasteiger partial charge in [-0.2, -0.15) is 0 Å². The first-order valence-electron chi connectivity index (χ1n) is 6.77. The van der Waals surface area contributed by atoms with E-state index in [9.17, 15) is 0 Å². The topological polar surface area (TPSA) is 30.5 Å². The van der Waals surface area contributed by atoms with E-state index in [0.29, 0.717) is 19.3 Å². The monoisotopic (exact) mass is 291 g/mol. The molecule has 0 aliphatic rings. The predicted molar refractivity (Wildman–Crippen MR) is 83.4 cm³/mol. The molecule has 1 aromatic heterocycles. The van der Waals surface area contributed by atoms with Crippen molar-refractivity contribution in [3.05, 3.63) is 52.2 Å². The number of thiophene rings is 1. The molecule has 1 atom stereocenters. The van der Waals surface area contributed by atoms with Crippen LogP contribution in [-0.4, -0.2) is 20.3 Å². The molecular formula is C16H21NO2S. The zero-order valence-corrected chi connectivity index (χ0v) is 12.8. The Hall–Kier alpha value is -1.36. The summed E-state index contributed by atoms with van der Waals surface area (Å²) in [6.45, 7) is 4.38. The molecule has 4 heteroatoms. The fraction of sp³-hybridized carbons (Fsp3) is 0.375. The van der Waals surface area contributed by atoms with Gasteiger partial charge in [0.05, 0.1) is 20.3 Å². The van der Waals surface area contributed by atoms with E-state index < -0.39 is 0 Å². The first-order chi connectivity index (χ1) is 9.79. The molecule has 2 rings (SSSR count). The Bertz CT molecular complexity index is 482. The van der Waals surface area contributed by atoms with Crippen molar-refractivity contribution in [2.45, 2.75) is 19.6 Å². The minimum Gasteiger partial charge on any atom is -0.497 e. The van der Waals surface area contributed by atoms with Gasteiger partial charge in [-0.3, -0.25) is 0 Å². The summed E-state index contributed by atoms with van der Waals surface area (Å²) in [7, 11) is 1.67. The Balaban J connectivity index is 1.61. The highest BCUT2D eigenvalue weighted by Gasteiger charge is 2.04. The van der Waals surface area contributed by atoms with Gasteiger partial charge in [0.1, 0.15) is 5.75 Å². The summed E-state index contributed by atoms with van der Waals surface area (Å²) in [4.78, 5) is 1.36. The number of nitrogens with one attached hydrogen (secondary N) is 1. The normalized spacial score (nSPS) is 12.3. The van der Waals surface area contributed by atoms with Crippen molar-refractivity contribution < 1.29 is 9.47 Å². The Morgan fingerprint density at radius 3 is 2.65 bits per heavy atom. The van der Waals surface area contributed by atoms with Crippen molar-refractivity contribution in [1.29, 1.82) is 0 Å². The standard InChI is InChI=1S/C16H21NO2S/c1-13(16-4-3-11-20-16)17-9-10-19-12-14-5-7-15(18-2)8-6-14/h3-8,11,13,17H,9-10,12H2,1-2H3. The van der Waals surface area contributed by atoms with Crippen LogP contribution in [0.4, 0.5) is 0 Å². The molecule has 3 nitrogen and oxygen atoms in total. The third kappa shape index (κ3) is 4.63. The van der Waals surface area contributed by atoms with E-state index >= 15 is 0 Å². The lowest BCUT2D eigenvalue weighted by atomic mass is 10.2. The third-order valence-electron chi connectivity index (χ3n) is 3.09. The van der Waals surface area contributed by atoms with Crippen molar-refractivity contribution in [2.75, 3.05) is 20.3 Å². The molecule has 1 heterocycles. The molecule has 2 aromatic rings. The van der Waals surface area contributed by atoms with E-state index in [4.69, 9.17) is 9.47 Å². The fourth-order valence-corrected chi connectivity index (χ4v) is 2.66. The van der Waals surface area contributed by atoms with E-state index in [0.717, 1.165) is 17.9 Å². The van der Waals surface area contributed by atoms with Gasteiger partial charge in [0.15, 0.2) is 0 Å². The Morgan fingerprint density at radius 1 is 1.20 bits per heavy atom. The van der Waals surface area contributed by atoms with Gasteiger partial charge >= 0.3 is 0 Å². The van der Waals surface area contributed by atoms with Gasteiger partial charge in [0.2, 0.25) is 0 Å².